The van der Waals surface area contributed by atoms with Crippen molar-refractivity contribution in [1.82, 2.24) is 4.57 Å². The molecule has 0 unspecified atom stereocenters. The topological polar surface area (TPSA) is 4.93 Å². The van der Waals surface area contributed by atoms with Crippen LogP contribution >= 0.6 is 0 Å². The molecule has 1 aromatic heterocycles. The van der Waals surface area contributed by atoms with Crippen LogP contribution in [0.1, 0.15) is 16.7 Å². The van der Waals surface area contributed by atoms with E-state index in [-0.39, 0.29) is 0 Å². The molecule has 0 N–H and O–H groups in total. The molecule has 0 saturated carbocycles. The van der Waals surface area contributed by atoms with Crippen molar-refractivity contribution < 1.29 is 0 Å². The van der Waals surface area contributed by atoms with Crippen molar-refractivity contribution in [3.8, 4) is 5.69 Å². The fourth-order valence-corrected chi connectivity index (χ4v) is 5.61. The van der Waals surface area contributed by atoms with E-state index in [0.717, 1.165) is 6.42 Å². The zero-order valence-electron chi connectivity index (χ0n) is 15.7. The molecule has 1 nitrogen and oxygen atoms in total. The smallest absolute Gasteiger partial charge is 0.247 e. The Labute approximate surface area is 164 Å². The molecule has 0 bridgehead atoms. The van der Waals surface area contributed by atoms with Gasteiger partial charge in [-0.15, -0.1) is 0 Å². The highest BCUT2D eigenvalue weighted by Gasteiger charge is 2.38. The van der Waals surface area contributed by atoms with Crippen molar-refractivity contribution in [2.75, 3.05) is 0 Å². The quantitative estimate of drug-likeness (QED) is 0.365. The Morgan fingerprint density at radius 3 is 2.50 bits per heavy atom. The predicted molar refractivity (Wildman–Crippen MR) is 119 cm³/mol. The first-order valence-corrected chi connectivity index (χ1v) is 10.0. The van der Waals surface area contributed by atoms with Crippen LogP contribution in [0.3, 0.4) is 0 Å². The molecule has 0 spiro atoms. The molecule has 0 fully saturated rings. The van der Waals surface area contributed by atoms with Gasteiger partial charge in [0.25, 0.3) is 0 Å². The van der Waals surface area contributed by atoms with Crippen molar-refractivity contribution in [1.29, 1.82) is 0 Å². The maximum absolute atomic E-state index is 2.52. The summed E-state index contributed by atoms with van der Waals surface area (Å²) in [7, 11) is 0. The van der Waals surface area contributed by atoms with Gasteiger partial charge in [-0.2, -0.15) is 0 Å². The highest BCUT2D eigenvalue weighted by atomic mass is 15.0. The van der Waals surface area contributed by atoms with Crippen LogP contribution in [0.15, 0.2) is 78.9 Å². The number of para-hydroxylation sites is 1. The van der Waals surface area contributed by atoms with Gasteiger partial charge in [0.2, 0.25) is 6.71 Å². The third-order valence-electron chi connectivity index (χ3n) is 6.74. The SMILES string of the molecule is Cc1ccc2c(c1)c1ccc3c4c1n2-c1ccccc1B4c1ccccc1C3. The zero-order chi connectivity index (χ0) is 18.4. The Kier molecular flexibility index (Phi) is 2.62. The summed E-state index contributed by atoms with van der Waals surface area (Å²) in [6.45, 7) is 2.52. The number of hydrogen-bond acceptors (Lipinski definition) is 0. The molecular weight excluding hydrogens is 337 g/mol. The van der Waals surface area contributed by atoms with Crippen LogP contribution in [0.2, 0.25) is 0 Å². The minimum absolute atomic E-state index is 0.331. The van der Waals surface area contributed by atoms with Gasteiger partial charge in [-0.05, 0) is 53.6 Å². The molecule has 2 heteroatoms. The molecule has 130 valence electrons. The van der Waals surface area contributed by atoms with Crippen LogP contribution in [0.25, 0.3) is 27.5 Å². The third kappa shape index (κ3) is 1.65. The van der Waals surface area contributed by atoms with Gasteiger partial charge >= 0.3 is 0 Å². The van der Waals surface area contributed by atoms with E-state index in [1.807, 2.05) is 0 Å². The van der Waals surface area contributed by atoms with E-state index in [1.54, 1.807) is 0 Å². The van der Waals surface area contributed by atoms with Crippen LogP contribution in [0.4, 0.5) is 0 Å². The third-order valence-corrected chi connectivity index (χ3v) is 6.74. The molecule has 5 aromatic rings. The lowest BCUT2D eigenvalue weighted by atomic mass is 9.32. The van der Waals surface area contributed by atoms with Gasteiger partial charge in [0.15, 0.2) is 0 Å². The number of benzene rings is 4. The number of aryl methyl sites for hydroxylation is 1. The van der Waals surface area contributed by atoms with Crippen molar-refractivity contribution >= 4 is 44.9 Å². The van der Waals surface area contributed by atoms with Gasteiger partial charge in [-0.25, -0.2) is 0 Å². The first-order chi connectivity index (χ1) is 13.8. The molecular formula is C26H18BN. The van der Waals surface area contributed by atoms with Crippen LogP contribution in [0, 0.1) is 6.92 Å². The minimum Gasteiger partial charge on any atom is -0.310 e. The molecule has 3 heterocycles. The van der Waals surface area contributed by atoms with Gasteiger partial charge in [0, 0.05) is 22.0 Å². The normalized spacial score (nSPS) is 13.7. The summed E-state index contributed by atoms with van der Waals surface area (Å²) < 4.78 is 2.52. The van der Waals surface area contributed by atoms with Crippen LogP contribution < -0.4 is 16.4 Å². The summed E-state index contributed by atoms with van der Waals surface area (Å²) in [6, 6.07) is 29.6. The molecule has 7 rings (SSSR count). The molecule has 2 aliphatic rings. The van der Waals surface area contributed by atoms with Crippen molar-refractivity contribution in [2.24, 2.45) is 0 Å². The van der Waals surface area contributed by atoms with E-state index in [9.17, 15) is 0 Å². The minimum atomic E-state index is 0.331. The lowest BCUT2D eigenvalue weighted by molar-refractivity contribution is 1.16. The van der Waals surface area contributed by atoms with E-state index < -0.39 is 0 Å². The standard InChI is InChI=1S/C26H18BN/c1-16-10-13-23-20(14-16)19-12-11-18-15-17-6-2-3-7-21(17)27-22-8-4-5-9-24(22)28(23)26(19)25(18)27/h2-14H,15H2,1H3. The fourth-order valence-electron chi connectivity index (χ4n) is 5.61. The lowest BCUT2D eigenvalue weighted by Crippen LogP contribution is -2.60. The van der Waals surface area contributed by atoms with Gasteiger partial charge in [0.05, 0.1) is 5.52 Å². The summed E-state index contributed by atoms with van der Waals surface area (Å²) in [4.78, 5) is 0. The van der Waals surface area contributed by atoms with Crippen molar-refractivity contribution in [3.63, 3.8) is 0 Å². The predicted octanol–water partition coefficient (Wildman–Crippen LogP) is 3.83. The van der Waals surface area contributed by atoms with Crippen LogP contribution in [-0.4, -0.2) is 11.3 Å². The van der Waals surface area contributed by atoms with E-state index >= 15 is 0 Å². The Morgan fingerprint density at radius 2 is 1.57 bits per heavy atom. The molecule has 0 radical (unpaired) electrons. The second-order valence-corrected chi connectivity index (χ2v) is 8.26. The average Bonchev–Trinajstić information content (AvgIpc) is 3.06. The number of aromatic nitrogens is 1. The molecule has 0 amide bonds. The van der Waals surface area contributed by atoms with E-state index in [4.69, 9.17) is 0 Å². The monoisotopic (exact) mass is 355 g/mol. The second kappa shape index (κ2) is 4.96. The zero-order valence-corrected chi connectivity index (χ0v) is 15.7. The fraction of sp³-hybridized carbons (Fsp3) is 0.0769. The molecule has 4 aromatic carbocycles. The summed E-state index contributed by atoms with van der Waals surface area (Å²) in [5.74, 6) is 0. The Morgan fingerprint density at radius 1 is 0.750 bits per heavy atom. The molecule has 0 aliphatic carbocycles. The highest BCUT2D eigenvalue weighted by molar-refractivity contribution is 6.98. The van der Waals surface area contributed by atoms with Crippen LogP contribution in [0.5, 0.6) is 0 Å². The Balaban J connectivity index is 1.76. The van der Waals surface area contributed by atoms with Crippen molar-refractivity contribution in [2.45, 2.75) is 13.3 Å². The first-order valence-electron chi connectivity index (χ1n) is 10.0. The van der Waals surface area contributed by atoms with E-state index in [2.05, 4.69) is 90.4 Å². The number of nitrogens with zero attached hydrogens (tertiary/aromatic N) is 1. The average molecular weight is 355 g/mol. The highest BCUT2D eigenvalue weighted by Crippen LogP contribution is 2.35. The van der Waals surface area contributed by atoms with Gasteiger partial charge in [-0.3, -0.25) is 0 Å². The Bertz CT molecular complexity index is 1460. The lowest BCUT2D eigenvalue weighted by Gasteiger charge is -2.33. The Hall–Kier alpha value is -3.26. The maximum Gasteiger partial charge on any atom is 0.247 e. The molecule has 2 aliphatic heterocycles. The molecule has 0 saturated heterocycles. The molecule has 0 atom stereocenters. The van der Waals surface area contributed by atoms with E-state index in [1.165, 1.54) is 60.6 Å². The van der Waals surface area contributed by atoms with Gasteiger partial charge in [0.1, 0.15) is 0 Å². The summed E-state index contributed by atoms with van der Waals surface area (Å²) in [5.41, 5.74) is 12.7. The first kappa shape index (κ1) is 14.8. The van der Waals surface area contributed by atoms with E-state index in [0.29, 0.717) is 6.71 Å². The van der Waals surface area contributed by atoms with Gasteiger partial charge < -0.3 is 4.57 Å². The summed E-state index contributed by atoms with van der Waals surface area (Å²) in [6.07, 6.45) is 1.03. The number of rotatable bonds is 0. The maximum atomic E-state index is 2.52. The second-order valence-electron chi connectivity index (χ2n) is 8.26. The summed E-state index contributed by atoms with van der Waals surface area (Å²) >= 11 is 0. The van der Waals surface area contributed by atoms with Crippen LogP contribution in [-0.2, 0) is 6.42 Å². The molecule has 28 heavy (non-hydrogen) atoms. The summed E-state index contributed by atoms with van der Waals surface area (Å²) in [5, 5.41) is 2.75. The largest absolute Gasteiger partial charge is 0.310 e. The number of hydrogen-bond donors (Lipinski definition) is 0. The van der Waals surface area contributed by atoms with Gasteiger partial charge in [-0.1, -0.05) is 71.7 Å². The number of fused-ring (bicyclic) bond motifs is 8. The van der Waals surface area contributed by atoms with Crippen molar-refractivity contribution in [3.05, 3.63) is 95.6 Å².